The molecule has 5 heteroatoms. The summed E-state index contributed by atoms with van der Waals surface area (Å²) >= 11 is 5.77. The Bertz CT molecular complexity index is 673. The number of halogens is 1. The number of Topliss-reactive ketones (excluding diaryl/α,β-unsaturated/α-hetero) is 1. The van der Waals surface area contributed by atoms with Gasteiger partial charge in [-0.15, -0.1) is 0 Å². The molecule has 0 N–H and O–H groups in total. The molecule has 1 heterocycles. The smallest absolute Gasteiger partial charge is 0.288 e. The Morgan fingerprint density at radius 3 is 2.60 bits per heavy atom. The Balaban J connectivity index is 2.00. The van der Waals surface area contributed by atoms with E-state index in [1.807, 2.05) is 6.08 Å². The van der Waals surface area contributed by atoms with Crippen LogP contribution in [-0.2, 0) is 9.59 Å². The van der Waals surface area contributed by atoms with Crippen LogP contribution in [0.2, 0.25) is 5.02 Å². The Kier molecular flexibility index (Phi) is 3.03. The molecule has 0 aromatic heterocycles. The molecule has 1 atom stereocenters. The van der Waals surface area contributed by atoms with E-state index >= 15 is 0 Å². The number of benzene rings is 1. The van der Waals surface area contributed by atoms with Crippen LogP contribution in [0.3, 0.4) is 0 Å². The highest BCUT2D eigenvalue weighted by atomic mass is 35.5. The minimum Gasteiger partial charge on any atom is -0.288 e. The van der Waals surface area contributed by atoms with Gasteiger partial charge in [0, 0.05) is 16.3 Å². The fraction of sp³-hybridized carbons (Fsp3) is 0.133. The lowest BCUT2D eigenvalue weighted by molar-refractivity contribution is -0.139. The molecule has 2 aliphatic rings. The Morgan fingerprint density at radius 1 is 1.20 bits per heavy atom. The first kappa shape index (κ1) is 12.8. The van der Waals surface area contributed by atoms with Crippen LogP contribution in [0.5, 0.6) is 0 Å². The maximum Gasteiger partial charge on any atom is 0.301 e. The maximum atomic E-state index is 12.4. The van der Waals surface area contributed by atoms with Crippen molar-refractivity contribution in [2.24, 2.45) is 5.92 Å². The summed E-state index contributed by atoms with van der Waals surface area (Å²) in [4.78, 5) is 37.3. The van der Waals surface area contributed by atoms with E-state index in [0.29, 0.717) is 22.7 Å². The van der Waals surface area contributed by atoms with E-state index in [-0.39, 0.29) is 0 Å². The van der Waals surface area contributed by atoms with Gasteiger partial charge in [0.2, 0.25) is 5.78 Å². The summed E-state index contributed by atoms with van der Waals surface area (Å²) in [7, 11) is 0. The molecule has 1 aromatic carbocycles. The molecule has 4 nitrogen and oxygen atoms in total. The Morgan fingerprint density at radius 2 is 1.90 bits per heavy atom. The van der Waals surface area contributed by atoms with Crippen LogP contribution in [-0.4, -0.2) is 22.5 Å². The van der Waals surface area contributed by atoms with Crippen LogP contribution in [0.25, 0.3) is 0 Å². The van der Waals surface area contributed by atoms with Gasteiger partial charge in [0.25, 0.3) is 5.91 Å². The fourth-order valence-electron chi connectivity index (χ4n) is 2.40. The molecule has 0 radical (unpaired) electrons. The van der Waals surface area contributed by atoms with Crippen LogP contribution >= 0.6 is 11.6 Å². The van der Waals surface area contributed by atoms with Gasteiger partial charge in [0.1, 0.15) is 0 Å². The standard InChI is InChI=1S/C15H10ClNO3/c16-10-7-5-9(6-8-10)14(19)17-12-4-2-1-3-11(12)13(18)15(17)20/h1-2,4-8,11H,3H2. The van der Waals surface area contributed by atoms with Crippen LogP contribution < -0.4 is 0 Å². The van der Waals surface area contributed by atoms with Crippen LogP contribution in [0.15, 0.2) is 48.2 Å². The summed E-state index contributed by atoms with van der Waals surface area (Å²) in [6.07, 6.45) is 5.67. The molecule has 100 valence electrons. The number of hydrogen-bond acceptors (Lipinski definition) is 3. The number of ketones is 1. The van der Waals surface area contributed by atoms with E-state index in [1.54, 1.807) is 24.3 Å². The van der Waals surface area contributed by atoms with Crippen molar-refractivity contribution in [2.75, 3.05) is 0 Å². The largest absolute Gasteiger partial charge is 0.301 e. The molecule has 1 unspecified atom stereocenters. The first-order chi connectivity index (χ1) is 9.59. The number of nitrogens with zero attached hydrogens (tertiary/aromatic N) is 1. The van der Waals surface area contributed by atoms with Crippen molar-refractivity contribution in [2.45, 2.75) is 6.42 Å². The molecule has 0 saturated carbocycles. The average Bonchev–Trinajstić information content (AvgIpc) is 2.72. The summed E-state index contributed by atoms with van der Waals surface area (Å²) in [6, 6.07) is 6.22. The lowest BCUT2D eigenvalue weighted by Gasteiger charge is -2.18. The molecule has 1 fully saturated rings. The van der Waals surface area contributed by atoms with E-state index in [0.717, 1.165) is 4.90 Å². The van der Waals surface area contributed by atoms with Gasteiger partial charge >= 0.3 is 5.91 Å². The number of carbonyl (C=O) groups is 3. The highest BCUT2D eigenvalue weighted by Crippen LogP contribution is 2.33. The van der Waals surface area contributed by atoms with Gasteiger partial charge < -0.3 is 0 Å². The van der Waals surface area contributed by atoms with Crippen molar-refractivity contribution in [1.82, 2.24) is 4.90 Å². The number of allylic oxidation sites excluding steroid dienone is 4. The molecule has 3 rings (SSSR count). The number of amides is 2. The monoisotopic (exact) mass is 287 g/mol. The highest BCUT2D eigenvalue weighted by Gasteiger charge is 2.46. The van der Waals surface area contributed by atoms with Gasteiger partial charge in [-0.1, -0.05) is 23.8 Å². The minimum absolute atomic E-state index is 0.326. The van der Waals surface area contributed by atoms with Crippen molar-refractivity contribution >= 4 is 29.2 Å². The maximum absolute atomic E-state index is 12.4. The molecule has 1 aromatic rings. The lowest BCUT2D eigenvalue weighted by Crippen LogP contribution is -2.32. The third kappa shape index (κ3) is 1.89. The number of hydrogen-bond donors (Lipinski definition) is 0. The lowest BCUT2D eigenvalue weighted by atomic mass is 9.96. The van der Waals surface area contributed by atoms with Crippen LogP contribution in [0.4, 0.5) is 0 Å². The minimum atomic E-state index is -0.759. The van der Waals surface area contributed by atoms with Crippen LogP contribution in [0.1, 0.15) is 16.8 Å². The normalized spacial score (nSPS) is 20.9. The number of rotatable bonds is 1. The average molecular weight is 288 g/mol. The molecule has 0 bridgehead atoms. The number of fused-ring (bicyclic) bond motifs is 1. The summed E-state index contributed by atoms with van der Waals surface area (Å²) < 4.78 is 0. The summed E-state index contributed by atoms with van der Waals surface area (Å²) in [5.41, 5.74) is 0.786. The summed E-state index contributed by atoms with van der Waals surface area (Å²) in [6.45, 7) is 0. The van der Waals surface area contributed by atoms with E-state index < -0.39 is 23.5 Å². The zero-order chi connectivity index (χ0) is 14.3. The quantitative estimate of drug-likeness (QED) is 0.588. The summed E-state index contributed by atoms with van der Waals surface area (Å²) in [5, 5.41) is 0.503. The van der Waals surface area contributed by atoms with Gasteiger partial charge in [-0.2, -0.15) is 0 Å². The van der Waals surface area contributed by atoms with Gasteiger partial charge in [-0.05, 0) is 36.8 Å². The zero-order valence-electron chi connectivity index (χ0n) is 10.4. The zero-order valence-corrected chi connectivity index (χ0v) is 11.1. The first-order valence-electron chi connectivity index (χ1n) is 6.14. The molecule has 20 heavy (non-hydrogen) atoms. The molecule has 1 saturated heterocycles. The molecule has 1 aliphatic heterocycles. The van der Waals surface area contributed by atoms with Gasteiger partial charge in [-0.25, -0.2) is 4.90 Å². The van der Waals surface area contributed by atoms with Gasteiger partial charge in [0.15, 0.2) is 0 Å². The predicted molar refractivity (Wildman–Crippen MR) is 73.0 cm³/mol. The first-order valence-corrected chi connectivity index (χ1v) is 6.52. The fourth-order valence-corrected chi connectivity index (χ4v) is 2.52. The van der Waals surface area contributed by atoms with Crippen molar-refractivity contribution in [1.29, 1.82) is 0 Å². The van der Waals surface area contributed by atoms with E-state index in [1.165, 1.54) is 12.1 Å². The summed E-state index contributed by atoms with van der Waals surface area (Å²) in [5.74, 6) is -2.30. The van der Waals surface area contributed by atoms with Crippen molar-refractivity contribution in [3.63, 3.8) is 0 Å². The Labute approximate surface area is 120 Å². The van der Waals surface area contributed by atoms with Crippen molar-refractivity contribution < 1.29 is 14.4 Å². The second-order valence-electron chi connectivity index (χ2n) is 4.62. The second-order valence-corrected chi connectivity index (χ2v) is 5.06. The van der Waals surface area contributed by atoms with Crippen molar-refractivity contribution in [3.8, 4) is 0 Å². The van der Waals surface area contributed by atoms with E-state index in [9.17, 15) is 14.4 Å². The van der Waals surface area contributed by atoms with E-state index in [2.05, 4.69) is 0 Å². The number of likely N-dealkylation sites (tertiary alicyclic amines) is 1. The van der Waals surface area contributed by atoms with Crippen LogP contribution in [0, 0.1) is 5.92 Å². The molecular formula is C15H10ClNO3. The van der Waals surface area contributed by atoms with Gasteiger partial charge in [0.05, 0.1) is 5.92 Å². The SMILES string of the molecule is O=C1C(=O)N(C(=O)c2ccc(Cl)cc2)C2=CC=CCC12. The molecular weight excluding hydrogens is 278 g/mol. The van der Waals surface area contributed by atoms with Crippen molar-refractivity contribution in [3.05, 3.63) is 58.8 Å². The molecule has 2 amide bonds. The highest BCUT2D eigenvalue weighted by molar-refractivity contribution is 6.44. The Hall–Kier alpha value is -2.20. The third-order valence-electron chi connectivity index (χ3n) is 3.41. The number of carbonyl (C=O) groups excluding carboxylic acids is 3. The molecule has 1 aliphatic carbocycles. The number of imide groups is 1. The van der Waals surface area contributed by atoms with Gasteiger partial charge in [-0.3, -0.25) is 14.4 Å². The predicted octanol–water partition coefficient (Wildman–Crippen LogP) is 2.35. The second kappa shape index (κ2) is 4.72. The third-order valence-corrected chi connectivity index (χ3v) is 3.67. The van der Waals surface area contributed by atoms with E-state index in [4.69, 9.17) is 11.6 Å². The molecule has 0 spiro atoms. The topological polar surface area (TPSA) is 54.5 Å².